The molecule has 0 bridgehead atoms. The van der Waals surface area contributed by atoms with Crippen LogP contribution >= 0.6 is 24.0 Å². The van der Waals surface area contributed by atoms with Crippen LogP contribution in [0.5, 0.6) is 0 Å². The van der Waals surface area contributed by atoms with Crippen molar-refractivity contribution >= 4 is 41.3 Å². The molecule has 0 radical (unpaired) electrons. The zero-order valence-corrected chi connectivity index (χ0v) is 15.9. The van der Waals surface area contributed by atoms with E-state index in [0.29, 0.717) is 12.1 Å². The van der Waals surface area contributed by atoms with Gasteiger partial charge in [0.25, 0.3) is 0 Å². The maximum Gasteiger partial charge on any atom is 0.225 e. The average molecular weight is 398 g/mol. The lowest BCUT2D eigenvalue weighted by atomic mass is 10.2. The normalized spacial score (nSPS) is 14.6. The first-order chi connectivity index (χ1) is 12.1. The third-order valence-corrected chi connectivity index (χ3v) is 4.60. The van der Waals surface area contributed by atoms with Gasteiger partial charge in [0.1, 0.15) is 5.82 Å². The van der Waals surface area contributed by atoms with Crippen molar-refractivity contribution in [3.05, 3.63) is 59.4 Å². The number of anilines is 2. The average Bonchev–Trinajstić information content (AvgIpc) is 2.63. The lowest BCUT2D eigenvalue weighted by Gasteiger charge is -2.36. The molecule has 3 rings (SSSR count). The molecule has 0 spiro atoms. The Hall–Kier alpha value is -1.82. The van der Waals surface area contributed by atoms with Crippen LogP contribution in [0.1, 0.15) is 6.42 Å². The van der Waals surface area contributed by atoms with Crippen LogP contribution in [0.15, 0.2) is 48.5 Å². The van der Waals surface area contributed by atoms with Crippen LogP contribution in [0.3, 0.4) is 0 Å². The van der Waals surface area contributed by atoms with Gasteiger partial charge in [-0.05, 0) is 48.5 Å². The summed E-state index contributed by atoms with van der Waals surface area (Å²) in [7, 11) is 0. The Kier molecular flexibility index (Phi) is 7.69. The van der Waals surface area contributed by atoms with E-state index in [2.05, 4.69) is 15.1 Å². The molecule has 2 aromatic rings. The molecule has 1 heterocycles. The first-order valence-corrected chi connectivity index (χ1v) is 8.76. The first kappa shape index (κ1) is 20.5. The molecule has 1 fully saturated rings. The van der Waals surface area contributed by atoms with Gasteiger partial charge in [0.2, 0.25) is 5.91 Å². The predicted molar refractivity (Wildman–Crippen MR) is 107 cm³/mol. The molecule has 1 saturated heterocycles. The quantitative estimate of drug-likeness (QED) is 0.826. The van der Waals surface area contributed by atoms with Crippen LogP contribution < -0.4 is 10.2 Å². The van der Waals surface area contributed by atoms with E-state index in [9.17, 15) is 9.18 Å². The third-order valence-electron chi connectivity index (χ3n) is 4.35. The van der Waals surface area contributed by atoms with Gasteiger partial charge in [0.15, 0.2) is 0 Å². The van der Waals surface area contributed by atoms with Crippen molar-refractivity contribution in [2.45, 2.75) is 6.42 Å². The second-order valence-corrected chi connectivity index (χ2v) is 6.55. The first-order valence-electron chi connectivity index (χ1n) is 8.38. The van der Waals surface area contributed by atoms with Gasteiger partial charge >= 0.3 is 0 Å². The summed E-state index contributed by atoms with van der Waals surface area (Å²) in [5.74, 6) is -0.358. The second-order valence-electron chi connectivity index (χ2n) is 6.11. The van der Waals surface area contributed by atoms with E-state index in [1.807, 2.05) is 24.3 Å². The van der Waals surface area contributed by atoms with Crippen LogP contribution in [0.4, 0.5) is 15.8 Å². The van der Waals surface area contributed by atoms with E-state index in [0.717, 1.165) is 37.7 Å². The Labute approximate surface area is 164 Å². The zero-order chi connectivity index (χ0) is 17.6. The summed E-state index contributed by atoms with van der Waals surface area (Å²) in [4.78, 5) is 16.6. The molecular formula is C19H22Cl2FN3O. The molecule has 0 atom stereocenters. The smallest absolute Gasteiger partial charge is 0.225 e. The van der Waals surface area contributed by atoms with Crippen molar-refractivity contribution < 1.29 is 9.18 Å². The number of piperazine rings is 1. The summed E-state index contributed by atoms with van der Waals surface area (Å²) in [5.41, 5.74) is 1.80. The predicted octanol–water partition coefficient (Wildman–Crippen LogP) is 4.05. The fraction of sp³-hybridized carbons (Fsp3) is 0.316. The summed E-state index contributed by atoms with van der Waals surface area (Å²) in [6.07, 6.45) is 0.429. The molecule has 0 aromatic heterocycles. The largest absolute Gasteiger partial charge is 0.369 e. The molecule has 140 valence electrons. The van der Waals surface area contributed by atoms with Crippen LogP contribution in [-0.2, 0) is 4.79 Å². The fourth-order valence-corrected chi connectivity index (χ4v) is 3.02. The molecule has 1 amide bonds. The van der Waals surface area contributed by atoms with Crippen LogP contribution in [-0.4, -0.2) is 43.5 Å². The molecule has 4 nitrogen and oxygen atoms in total. The summed E-state index contributed by atoms with van der Waals surface area (Å²) in [6.45, 7) is 4.43. The lowest BCUT2D eigenvalue weighted by molar-refractivity contribution is -0.116. The van der Waals surface area contributed by atoms with Crippen LogP contribution in [0.2, 0.25) is 5.02 Å². The highest BCUT2D eigenvalue weighted by molar-refractivity contribution is 6.30. The van der Waals surface area contributed by atoms with Gasteiger partial charge in [0.05, 0.1) is 0 Å². The summed E-state index contributed by atoms with van der Waals surface area (Å²) < 4.78 is 12.9. The summed E-state index contributed by atoms with van der Waals surface area (Å²) in [5, 5.41) is 3.54. The summed E-state index contributed by atoms with van der Waals surface area (Å²) >= 11 is 5.93. The molecule has 0 saturated carbocycles. The highest BCUT2D eigenvalue weighted by atomic mass is 35.5. The van der Waals surface area contributed by atoms with Crippen molar-refractivity contribution in [3.8, 4) is 0 Å². The Morgan fingerprint density at radius 3 is 2.23 bits per heavy atom. The Bertz CT molecular complexity index is 702. The lowest BCUT2D eigenvalue weighted by Crippen LogP contribution is -2.47. The van der Waals surface area contributed by atoms with Crippen LogP contribution in [0.25, 0.3) is 0 Å². The molecule has 1 aliphatic rings. The fourth-order valence-electron chi connectivity index (χ4n) is 2.90. The Morgan fingerprint density at radius 2 is 1.62 bits per heavy atom. The number of benzene rings is 2. The van der Waals surface area contributed by atoms with E-state index >= 15 is 0 Å². The number of halogens is 3. The highest BCUT2D eigenvalue weighted by Crippen LogP contribution is 2.19. The minimum atomic E-state index is -0.309. The molecule has 7 heteroatoms. The van der Waals surface area contributed by atoms with E-state index in [1.165, 1.54) is 17.8 Å². The molecule has 1 aliphatic heterocycles. The zero-order valence-electron chi connectivity index (χ0n) is 14.3. The maximum absolute atomic E-state index is 12.9. The van der Waals surface area contributed by atoms with Crippen molar-refractivity contribution in [2.24, 2.45) is 0 Å². The van der Waals surface area contributed by atoms with Crippen molar-refractivity contribution in [1.82, 2.24) is 4.90 Å². The molecular weight excluding hydrogens is 376 g/mol. The number of nitrogens with zero attached hydrogens (tertiary/aromatic N) is 2. The molecule has 1 N–H and O–H groups in total. The van der Waals surface area contributed by atoms with Crippen molar-refractivity contribution in [2.75, 3.05) is 42.9 Å². The number of amides is 1. The third kappa shape index (κ3) is 5.87. The second kappa shape index (κ2) is 9.76. The number of hydrogen-bond acceptors (Lipinski definition) is 3. The van der Waals surface area contributed by atoms with Crippen molar-refractivity contribution in [3.63, 3.8) is 0 Å². The molecule has 26 heavy (non-hydrogen) atoms. The Balaban J connectivity index is 0.00000243. The number of nitrogens with one attached hydrogen (secondary N) is 1. The highest BCUT2D eigenvalue weighted by Gasteiger charge is 2.17. The van der Waals surface area contributed by atoms with E-state index in [1.54, 1.807) is 12.1 Å². The van der Waals surface area contributed by atoms with E-state index < -0.39 is 0 Å². The SMILES string of the molecule is Cl.O=C(CCN1CCN(c2ccc(Cl)cc2)CC1)Nc1ccc(F)cc1. The van der Waals surface area contributed by atoms with Crippen molar-refractivity contribution in [1.29, 1.82) is 0 Å². The summed E-state index contributed by atoms with van der Waals surface area (Å²) in [6, 6.07) is 13.7. The topological polar surface area (TPSA) is 35.6 Å². The minimum Gasteiger partial charge on any atom is -0.369 e. The van der Waals surface area contributed by atoms with E-state index in [-0.39, 0.29) is 24.1 Å². The standard InChI is InChI=1S/C19H21ClFN3O.ClH/c20-15-1-7-18(8-2-15)24-13-11-23(12-14-24)10-9-19(25)22-17-5-3-16(21)4-6-17;/h1-8H,9-14H2,(H,22,25);1H. The molecule has 2 aromatic carbocycles. The van der Waals surface area contributed by atoms with Gasteiger partial charge in [-0.1, -0.05) is 11.6 Å². The van der Waals surface area contributed by atoms with E-state index in [4.69, 9.17) is 11.6 Å². The van der Waals surface area contributed by atoms with Gasteiger partial charge in [-0.3, -0.25) is 9.69 Å². The van der Waals surface area contributed by atoms with Gasteiger partial charge in [-0.25, -0.2) is 4.39 Å². The Morgan fingerprint density at radius 1 is 1.00 bits per heavy atom. The maximum atomic E-state index is 12.9. The number of carbonyl (C=O) groups is 1. The van der Waals surface area contributed by atoms with Gasteiger partial charge in [-0.15, -0.1) is 12.4 Å². The number of hydrogen-bond donors (Lipinski definition) is 1. The van der Waals surface area contributed by atoms with Gasteiger partial charge in [-0.2, -0.15) is 0 Å². The van der Waals surface area contributed by atoms with Gasteiger partial charge < -0.3 is 10.2 Å². The molecule has 0 unspecified atom stereocenters. The number of rotatable bonds is 5. The van der Waals surface area contributed by atoms with Crippen LogP contribution in [0, 0.1) is 5.82 Å². The minimum absolute atomic E-state index is 0. The molecule has 0 aliphatic carbocycles. The monoisotopic (exact) mass is 397 g/mol. The van der Waals surface area contributed by atoms with Gasteiger partial charge in [0, 0.05) is 55.5 Å². The number of carbonyl (C=O) groups excluding carboxylic acids is 1.